The second kappa shape index (κ2) is 6.17. The van der Waals surface area contributed by atoms with Crippen molar-refractivity contribution in [2.24, 2.45) is 0 Å². The van der Waals surface area contributed by atoms with E-state index < -0.39 is 5.97 Å². The van der Waals surface area contributed by atoms with Gasteiger partial charge in [0.1, 0.15) is 5.56 Å². The first-order chi connectivity index (χ1) is 11.0. The second-order valence-electron chi connectivity index (χ2n) is 4.75. The van der Waals surface area contributed by atoms with E-state index in [1.807, 2.05) is 18.2 Å². The normalized spacial score (nSPS) is 10.9. The molecule has 0 saturated heterocycles. The van der Waals surface area contributed by atoms with Gasteiger partial charge in [-0.15, -0.1) is 0 Å². The van der Waals surface area contributed by atoms with E-state index in [2.05, 4.69) is 26.0 Å². The lowest BCUT2D eigenvalue weighted by molar-refractivity contribution is 0.0692. The Bertz CT molecular complexity index is 910. The molecule has 2 heterocycles. The molecule has 0 atom stereocenters. The van der Waals surface area contributed by atoms with Crippen LogP contribution in [0, 0.1) is 0 Å². The Morgan fingerprint density at radius 3 is 2.96 bits per heavy atom. The molecule has 0 fully saturated rings. The van der Waals surface area contributed by atoms with E-state index in [0.717, 1.165) is 15.4 Å². The molecule has 0 saturated carbocycles. The van der Waals surface area contributed by atoms with Crippen LogP contribution in [0.15, 0.2) is 34.9 Å². The van der Waals surface area contributed by atoms with Crippen LogP contribution in [0.5, 0.6) is 5.88 Å². The van der Waals surface area contributed by atoms with E-state index >= 15 is 0 Å². The molecule has 23 heavy (non-hydrogen) atoms. The Labute approximate surface area is 144 Å². The largest absolute Gasteiger partial charge is 0.480 e. The van der Waals surface area contributed by atoms with Crippen LogP contribution in [0.2, 0.25) is 5.02 Å². The smallest absolute Gasteiger partial charge is 0.341 e. The van der Waals surface area contributed by atoms with Crippen molar-refractivity contribution in [2.75, 3.05) is 7.11 Å². The van der Waals surface area contributed by atoms with Crippen LogP contribution in [0.4, 0.5) is 0 Å². The average molecular weight is 397 g/mol. The first-order valence-corrected chi connectivity index (χ1v) is 7.75. The van der Waals surface area contributed by atoms with Crippen molar-refractivity contribution >= 4 is 44.4 Å². The number of carboxylic acid groups (broad SMARTS) is 1. The van der Waals surface area contributed by atoms with Crippen molar-refractivity contribution in [3.05, 3.63) is 51.2 Å². The number of pyridine rings is 1. The molecule has 0 aliphatic heterocycles. The summed E-state index contributed by atoms with van der Waals surface area (Å²) in [5.74, 6) is -1.12. The zero-order chi connectivity index (χ0) is 16.6. The molecule has 0 amide bonds. The lowest BCUT2D eigenvalue weighted by Crippen LogP contribution is -2.09. The number of halogens is 2. The zero-order valence-electron chi connectivity index (χ0n) is 12.0. The number of hydrogen-bond acceptors (Lipinski definition) is 4. The van der Waals surface area contributed by atoms with Crippen molar-refractivity contribution in [2.45, 2.75) is 6.54 Å². The van der Waals surface area contributed by atoms with Crippen molar-refractivity contribution < 1.29 is 14.6 Å². The highest BCUT2D eigenvalue weighted by atomic mass is 79.9. The fourth-order valence-electron chi connectivity index (χ4n) is 2.26. The lowest BCUT2D eigenvalue weighted by Gasteiger charge is -2.10. The maximum atomic E-state index is 11.2. The van der Waals surface area contributed by atoms with Crippen molar-refractivity contribution in [1.29, 1.82) is 0 Å². The number of nitrogens with zero attached hydrogens (tertiary/aromatic N) is 3. The number of methoxy groups -OCH3 is 1. The van der Waals surface area contributed by atoms with Gasteiger partial charge in [-0.3, -0.25) is 4.68 Å². The summed E-state index contributed by atoms with van der Waals surface area (Å²) in [6, 6.07) is 7.12. The molecule has 0 aliphatic carbocycles. The monoisotopic (exact) mass is 395 g/mol. The van der Waals surface area contributed by atoms with E-state index in [-0.39, 0.29) is 16.5 Å². The summed E-state index contributed by atoms with van der Waals surface area (Å²) < 4.78 is 7.73. The van der Waals surface area contributed by atoms with Crippen LogP contribution in [0.1, 0.15) is 16.1 Å². The van der Waals surface area contributed by atoms with Crippen molar-refractivity contribution in [3.63, 3.8) is 0 Å². The molecule has 0 bridgehead atoms. The molecule has 2 aromatic heterocycles. The molecular formula is C15H11BrClN3O3. The van der Waals surface area contributed by atoms with Gasteiger partial charge in [-0.25, -0.2) is 9.78 Å². The van der Waals surface area contributed by atoms with Crippen LogP contribution in [0.3, 0.4) is 0 Å². The number of carboxylic acids is 1. The highest BCUT2D eigenvalue weighted by molar-refractivity contribution is 9.10. The maximum Gasteiger partial charge on any atom is 0.341 e. The minimum Gasteiger partial charge on any atom is -0.480 e. The summed E-state index contributed by atoms with van der Waals surface area (Å²) in [7, 11) is 1.37. The zero-order valence-corrected chi connectivity index (χ0v) is 14.3. The summed E-state index contributed by atoms with van der Waals surface area (Å²) in [5, 5.41) is 14.7. The number of hydrogen-bond donors (Lipinski definition) is 1. The third-order valence-corrected chi connectivity index (χ3v) is 4.39. The summed E-state index contributed by atoms with van der Waals surface area (Å²) in [6.07, 6.45) is 1.75. The topological polar surface area (TPSA) is 77.2 Å². The third kappa shape index (κ3) is 2.89. The predicted molar refractivity (Wildman–Crippen MR) is 89.3 cm³/mol. The lowest BCUT2D eigenvalue weighted by atomic mass is 10.2. The average Bonchev–Trinajstić information content (AvgIpc) is 2.93. The summed E-state index contributed by atoms with van der Waals surface area (Å²) >= 11 is 9.65. The molecule has 0 radical (unpaired) electrons. The van der Waals surface area contributed by atoms with E-state index in [9.17, 15) is 4.79 Å². The van der Waals surface area contributed by atoms with E-state index in [1.165, 1.54) is 13.2 Å². The minimum atomic E-state index is -1.14. The number of ether oxygens (including phenoxy) is 1. The first kappa shape index (κ1) is 15.8. The van der Waals surface area contributed by atoms with Crippen LogP contribution in [-0.4, -0.2) is 33.0 Å². The Kier molecular flexibility index (Phi) is 4.23. The van der Waals surface area contributed by atoms with Crippen LogP contribution in [-0.2, 0) is 6.54 Å². The quantitative estimate of drug-likeness (QED) is 0.729. The Balaban J connectivity index is 2.05. The van der Waals surface area contributed by atoms with Crippen LogP contribution < -0.4 is 4.74 Å². The molecule has 3 aromatic rings. The first-order valence-electron chi connectivity index (χ1n) is 6.58. The van der Waals surface area contributed by atoms with Crippen LogP contribution in [0.25, 0.3) is 10.9 Å². The van der Waals surface area contributed by atoms with Gasteiger partial charge in [-0.2, -0.15) is 5.10 Å². The van der Waals surface area contributed by atoms with Gasteiger partial charge in [-0.1, -0.05) is 33.6 Å². The molecule has 0 unspecified atom stereocenters. The summed E-state index contributed by atoms with van der Waals surface area (Å²) in [5.41, 5.74) is 1.33. The maximum absolute atomic E-state index is 11.2. The van der Waals surface area contributed by atoms with Gasteiger partial charge in [0.15, 0.2) is 0 Å². The third-order valence-electron chi connectivity index (χ3n) is 3.37. The Morgan fingerprint density at radius 1 is 1.48 bits per heavy atom. The molecule has 8 heteroatoms. The van der Waals surface area contributed by atoms with Crippen LogP contribution >= 0.6 is 27.5 Å². The standard InChI is InChI=1S/C15H11BrClN3O3/c1-23-14-8(15(21)22)5-11(17)12(19-14)7-20-13-4-2-3-10(16)9(13)6-18-20/h2-6H,7H2,1H3,(H,21,22). The van der Waals surface area contributed by atoms with E-state index in [4.69, 9.17) is 21.4 Å². The Morgan fingerprint density at radius 2 is 2.26 bits per heavy atom. The molecule has 3 rings (SSSR count). The molecule has 0 spiro atoms. The number of aromatic carboxylic acids is 1. The van der Waals surface area contributed by atoms with Gasteiger partial charge in [0.25, 0.3) is 0 Å². The van der Waals surface area contributed by atoms with Gasteiger partial charge in [0, 0.05) is 9.86 Å². The fourth-order valence-corrected chi connectivity index (χ4v) is 2.93. The molecule has 6 nitrogen and oxygen atoms in total. The number of fused-ring (bicyclic) bond motifs is 1. The highest BCUT2D eigenvalue weighted by Crippen LogP contribution is 2.27. The Hall–Kier alpha value is -2.12. The van der Waals surface area contributed by atoms with Gasteiger partial charge in [0.05, 0.1) is 36.1 Å². The SMILES string of the molecule is COc1nc(Cn2ncc3c(Br)cccc32)c(Cl)cc1C(=O)O. The molecule has 1 aromatic carbocycles. The predicted octanol–water partition coefficient (Wildman–Crippen LogP) is 3.60. The van der Waals surface area contributed by atoms with E-state index in [1.54, 1.807) is 10.9 Å². The fraction of sp³-hybridized carbons (Fsp3) is 0.133. The molecular weight excluding hydrogens is 386 g/mol. The van der Waals surface area contributed by atoms with Crippen molar-refractivity contribution in [3.8, 4) is 5.88 Å². The summed E-state index contributed by atoms with van der Waals surface area (Å²) in [4.78, 5) is 15.4. The highest BCUT2D eigenvalue weighted by Gasteiger charge is 2.17. The number of aromatic nitrogens is 3. The molecule has 0 aliphatic rings. The second-order valence-corrected chi connectivity index (χ2v) is 6.02. The van der Waals surface area contributed by atoms with Gasteiger partial charge in [-0.05, 0) is 18.2 Å². The van der Waals surface area contributed by atoms with Crippen molar-refractivity contribution in [1.82, 2.24) is 14.8 Å². The molecule has 1 N–H and O–H groups in total. The number of carbonyl (C=O) groups is 1. The molecule has 118 valence electrons. The van der Waals surface area contributed by atoms with Gasteiger partial charge < -0.3 is 9.84 Å². The minimum absolute atomic E-state index is 0.0227. The van der Waals surface area contributed by atoms with E-state index in [0.29, 0.717) is 12.2 Å². The summed E-state index contributed by atoms with van der Waals surface area (Å²) in [6.45, 7) is 0.301. The van der Waals surface area contributed by atoms with Gasteiger partial charge >= 0.3 is 5.97 Å². The number of benzene rings is 1. The van der Waals surface area contributed by atoms with Gasteiger partial charge in [0.2, 0.25) is 5.88 Å². The number of rotatable bonds is 4.